The van der Waals surface area contributed by atoms with Gasteiger partial charge in [0.05, 0.1) is 12.2 Å². The Balaban J connectivity index is 2.12. The lowest BCUT2D eigenvalue weighted by Crippen LogP contribution is -2.17. The highest BCUT2D eigenvalue weighted by Crippen LogP contribution is 2.33. The van der Waals surface area contributed by atoms with Crippen LogP contribution in [0.1, 0.15) is 17.5 Å². The third-order valence-corrected chi connectivity index (χ3v) is 4.27. The first-order valence-electron chi connectivity index (χ1n) is 7.26. The van der Waals surface area contributed by atoms with Crippen LogP contribution in [0.15, 0.2) is 34.4 Å². The summed E-state index contributed by atoms with van der Waals surface area (Å²) in [6.45, 7) is 1.98. The van der Waals surface area contributed by atoms with Crippen LogP contribution >= 0.6 is 11.3 Å². The number of carbonyl (C=O) groups excluding carboxylic acids is 1. The summed E-state index contributed by atoms with van der Waals surface area (Å²) in [5.41, 5.74) is 5.30. The van der Waals surface area contributed by atoms with E-state index in [-0.39, 0.29) is 45.8 Å². The smallest absolute Gasteiger partial charge is 0.445 e. The maximum absolute atomic E-state index is 12.8. The Morgan fingerprint density at radius 2 is 2.08 bits per heavy atom. The molecule has 0 saturated carbocycles. The van der Waals surface area contributed by atoms with Gasteiger partial charge in [0.2, 0.25) is 15.8 Å². The van der Waals surface area contributed by atoms with E-state index in [0.717, 1.165) is 4.52 Å². The second-order valence-electron chi connectivity index (χ2n) is 5.10. The standard InChI is InChI=1S/C15H11F3N4O3S/c1-2-25-10-6-7(3-4-9(10)23)5-8-11(19)22-14(20-12(8)24)26-13(21-22)15(16,17)18/h3-6H,2,19H2,1H3. The van der Waals surface area contributed by atoms with Crippen molar-refractivity contribution >= 4 is 34.0 Å². The first kappa shape index (κ1) is 17.9. The van der Waals surface area contributed by atoms with Crippen LogP contribution < -0.4 is 11.3 Å². The van der Waals surface area contributed by atoms with E-state index >= 15 is 0 Å². The molecule has 3 rings (SSSR count). The molecule has 0 bridgehead atoms. The lowest BCUT2D eigenvalue weighted by molar-refractivity contribution is -0.138. The van der Waals surface area contributed by atoms with Gasteiger partial charge in [-0.15, -0.1) is 5.10 Å². The topological polar surface area (TPSA) is 99.6 Å². The van der Waals surface area contributed by atoms with Crippen LogP contribution in [0.25, 0.3) is 11.0 Å². The summed E-state index contributed by atoms with van der Waals surface area (Å²) >= 11 is 0.219. The molecule has 1 aliphatic rings. The van der Waals surface area contributed by atoms with Crippen molar-refractivity contribution < 1.29 is 22.7 Å². The average molecular weight is 384 g/mol. The van der Waals surface area contributed by atoms with E-state index in [4.69, 9.17) is 10.5 Å². The van der Waals surface area contributed by atoms with Crippen molar-refractivity contribution in [2.75, 3.05) is 12.3 Å². The summed E-state index contributed by atoms with van der Waals surface area (Å²) in [4.78, 5) is 27.2. The zero-order chi connectivity index (χ0) is 19.1. The second kappa shape index (κ2) is 6.41. The fourth-order valence-corrected chi connectivity index (χ4v) is 2.95. The molecule has 0 aliphatic heterocycles. The van der Waals surface area contributed by atoms with Gasteiger partial charge < -0.3 is 10.5 Å². The second-order valence-corrected chi connectivity index (χ2v) is 6.05. The minimum atomic E-state index is -4.67. The number of anilines is 1. The number of hydrogen-bond acceptors (Lipinski definition) is 7. The van der Waals surface area contributed by atoms with Crippen LogP contribution in [0.4, 0.5) is 19.0 Å². The molecule has 26 heavy (non-hydrogen) atoms. The summed E-state index contributed by atoms with van der Waals surface area (Å²) in [6, 6.07) is 0. The van der Waals surface area contributed by atoms with Crippen LogP contribution in [-0.2, 0) is 15.7 Å². The number of nitrogen functional groups attached to an aromatic ring is 1. The van der Waals surface area contributed by atoms with Crippen LogP contribution in [0, 0.1) is 0 Å². The number of nitrogens with zero attached hydrogens (tertiary/aromatic N) is 3. The van der Waals surface area contributed by atoms with Gasteiger partial charge in [0, 0.05) is 0 Å². The number of nitrogens with two attached hydrogens (primary N) is 1. The van der Waals surface area contributed by atoms with E-state index in [2.05, 4.69) is 10.1 Å². The van der Waals surface area contributed by atoms with Crippen molar-refractivity contribution in [3.63, 3.8) is 0 Å². The average Bonchev–Trinajstić information content (AvgIpc) is 2.99. The maximum Gasteiger partial charge on any atom is 0.445 e. The molecule has 0 spiro atoms. The molecule has 0 aromatic carbocycles. The summed E-state index contributed by atoms with van der Waals surface area (Å²) in [6.07, 6.45) is 0.726. The Kier molecular flexibility index (Phi) is 4.40. The van der Waals surface area contributed by atoms with Crippen LogP contribution in [-0.4, -0.2) is 27.0 Å². The number of halogens is 3. The fourth-order valence-electron chi connectivity index (χ4n) is 2.18. The first-order valence-corrected chi connectivity index (χ1v) is 8.07. The molecule has 0 unspecified atom stereocenters. The Hall–Kier alpha value is -2.95. The van der Waals surface area contributed by atoms with Gasteiger partial charge in [0.15, 0.2) is 5.76 Å². The number of fused-ring (bicyclic) bond motifs is 1. The highest BCUT2D eigenvalue weighted by molar-refractivity contribution is 7.16. The van der Waals surface area contributed by atoms with E-state index in [9.17, 15) is 22.8 Å². The van der Waals surface area contributed by atoms with Crippen molar-refractivity contribution in [1.29, 1.82) is 0 Å². The van der Waals surface area contributed by atoms with E-state index in [1.165, 1.54) is 24.3 Å². The van der Waals surface area contributed by atoms with E-state index in [1.54, 1.807) is 6.92 Å². The molecule has 0 atom stereocenters. The number of ketones is 1. The van der Waals surface area contributed by atoms with Crippen LogP contribution in [0.5, 0.6) is 0 Å². The van der Waals surface area contributed by atoms with Gasteiger partial charge in [-0.2, -0.15) is 22.7 Å². The van der Waals surface area contributed by atoms with Crippen molar-refractivity contribution in [2.45, 2.75) is 13.1 Å². The highest BCUT2D eigenvalue weighted by Gasteiger charge is 2.36. The summed E-state index contributed by atoms with van der Waals surface area (Å²) in [5.74, 6) is -0.533. The quantitative estimate of drug-likeness (QED) is 0.871. The third-order valence-electron chi connectivity index (χ3n) is 3.31. The van der Waals surface area contributed by atoms with Crippen molar-refractivity contribution in [2.24, 2.45) is 0 Å². The number of aromatic nitrogens is 3. The van der Waals surface area contributed by atoms with Gasteiger partial charge in [-0.3, -0.25) is 9.59 Å². The first-order chi connectivity index (χ1) is 12.2. The molecule has 2 heterocycles. The van der Waals surface area contributed by atoms with Gasteiger partial charge in [-0.05, 0) is 30.7 Å². The molecular weight excluding hydrogens is 373 g/mol. The fraction of sp³-hybridized carbons (Fsp3) is 0.200. The molecule has 2 N–H and O–H groups in total. The molecule has 136 valence electrons. The molecule has 2 aromatic rings. The van der Waals surface area contributed by atoms with Crippen molar-refractivity contribution in [3.05, 3.63) is 50.5 Å². The number of alkyl halides is 3. The minimum Gasteiger partial charge on any atom is -0.490 e. The number of hydrogen-bond donors (Lipinski definition) is 1. The lowest BCUT2D eigenvalue weighted by atomic mass is 10.0. The summed E-state index contributed by atoms with van der Waals surface area (Å²) < 4.78 is 44.3. The normalized spacial score (nSPS) is 16.4. The van der Waals surface area contributed by atoms with E-state index in [1.807, 2.05) is 0 Å². The number of rotatable bonds is 3. The zero-order valence-electron chi connectivity index (χ0n) is 13.2. The van der Waals surface area contributed by atoms with Gasteiger partial charge in [0.25, 0.3) is 5.56 Å². The molecule has 11 heteroatoms. The van der Waals surface area contributed by atoms with Crippen LogP contribution in [0.3, 0.4) is 0 Å². The third kappa shape index (κ3) is 3.25. The van der Waals surface area contributed by atoms with Gasteiger partial charge >= 0.3 is 6.18 Å². The van der Waals surface area contributed by atoms with Gasteiger partial charge in [-0.25, -0.2) is 0 Å². The maximum atomic E-state index is 12.8. The SMILES string of the molecule is CCOC1=CC(=Cc2c(N)n3nc(C(F)(F)F)sc3nc2=O)C=CC1=O. The van der Waals surface area contributed by atoms with Gasteiger partial charge in [-0.1, -0.05) is 17.4 Å². The predicted molar refractivity (Wildman–Crippen MR) is 88.4 cm³/mol. The number of ether oxygens (including phenoxy) is 1. The zero-order valence-corrected chi connectivity index (χ0v) is 14.0. The Morgan fingerprint density at radius 1 is 1.35 bits per heavy atom. The summed E-state index contributed by atoms with van der Waals surface area (Å²) in [5, 5.41) is 2.21. The molecule has 0 saturated heterocycles. The van der Waals surface area contributed by atoms with E-state index in [0.29, 0.717) is 5.57 Å². The molecule has 0 radical (unpaired) electrons. The number of carbonyl (C=O) groups is 1. The molecule has 0 amide bonds. The molecule has 0 fully saturated rings. The predicted octanol–water partition coefficient (Wildman–Crippen LogP) is 2.19. The minimum absolute atomic E-state index is 0.0852. The molecule has 7 nitrogen and oxygen atoms in total. The number of allylic oxidation sites excluding steroid dienone is 4. The highest BCUT2D eigenvalue weighted by atomic mass is 32.1. The van der Waals surface area contributed by atoms with Crippen molar-refractivity contribution in [1.82, 2.24) is 14.6 Å². The molecular formula is C15H11F3N4O3S. The molecule has 1 aliphatic carbocycles. The van der Waals surface area contributed by atoms with E-state index < -0.39 is 16.7 Å². The largest absolute Gasteiger partial charge is 0.490 e. The Labute approximate surface area is 147 Å². The van der Waals surface area contributed by atoms with Crippen LogP contribution in [0.2, 0.25) is 0 Å². The molecule has 2 aromatic heterocycles. The Bertz CT molecular complexity index is 1050. The summed E-state index contributed by atoms with van der Waals surface area (Å²) in [7, 11) is 0. The Morgan fingerprint density at radius 3 is 2.73 bits per heavy atom. The van der Waals surface area contributed by atoms with Gasteiger partial charge in [0.1, 0.15) is 5.82 Å². The lowest BCUT2D eigenvalue weighted by Gasteiger charge is -2.10. The monoisotopic (exact) mass is 384 g/mol. The van der Waals surface area contributed by atoms with Crippen molar-refractivity contribution in [3.8, 4) is 0 Å².